The van der Waals surface area contributed by atoms with Crippen LogP contribution in [0, 0.1) is 12.3 Å². The highest BCUT2D eigenvalue weighted by atomic mass is 16.2. The standard InChI is InChI=1S/C10H16N2O/c1-3-7-12-8-5-6-9(12)10(13)11-4-2/h1,9H,4-8H2,2H3,(H,11,13)/t9-/m0/s1. The summed E-state index contributed by atoms with van der Waals surface area (Å²) < 4.78 is 0. The lowest BCUT2D eigenvalue weighted by Gasteiger charge is -2.20. The van der Waals surface area contributed by atoms with Crippen LogP contribution in [0.15, 0.2) is 0 Å². The van der Waals surface area contributed by atoms with E-state index in [1.165, 1.54) is 0 Å². The molecule has 1 rings (SSSR count). The quantitative estimate of drug-likeness (QED) is 0.630. The SMILES string of the molecule is C#CCN1CCC[C@H]1C(=O)NCC. The highest BCUT2D eigenvalue weighted by Gasteiger charge is 2.29. The van der Waals surface area contributed by atoms with Crippen molar-refractivity contribution in [1.29, 1.82) is 0 Å². The summed E-state index contributed by atoms with van der Waals surface area (Å²) in [5, 5.41) is 2.83. The molecular formula is C10H16N2O. The lowest BCUT2D eigenvalue weighted by Crippen LogP contribution is -2.43. The first-order chi connectivity index (χ1) is 6.29. The first kappa shape index (κ1) is 10.1. The molecule has 0 unspecified atom stereocenters. The molecule has 1 fully saturated rings. The molecule has 1 aliphatic heterocycles. The summed E-state index contributed by atoms with van der Waals surface area (Å²) in [6.07, 6.45) is 7.23. The monoisotopic (exact) mass is 180 g/mol. The van der Waals surface area contributed by atoms with E-state index < -0.39 is 0 Å². The number of terminal acetylenes is 1. The molecule has 0 aliphatic carbocycles. The van der Waals surface area contributed by atoms with Gasteiger partial charge in [-0.2, -0.15) is 0 Å². The third-order valence-electron chi connectivity index (χ3n) is 2.31. The number of hydrogen-bond acceptors (Lipinski definition) is 2. The Morgan fingerprint density at radius 1 is 1.77 bits per heavy atom. The number of rotatable bonds is 3. The largest absolute Gasteiger partial charge is 0.355 e. The molecule has 0 saturated carbocycles. The van der Waals surface area contributed by atoms with Crippen molar-refractivity contribution in [3.8, 4) is 12.3 Å². The van der Waals surface area contributed by atoms with Crippen LogP contribution in [0.1, 0.15) is 19.8 Å². The van der Waals surface area contributed by atoms with Crippen LogP contribution in [-0.2, 0) is 4.79 Å². The van der Waals surface area contributed by atoms with Crippen molar-refractivity contribution in [1.82, 2.24) is 10.2 Å². The zero-order valence-corrected chi connectivity index (χ0v) is 8.05. The first-order valence-corrected chi connectivity index (χ1v) is 4.74. The molecule has 0 aromatic rings. The van der Waals surface area contributed by atoms with Gasteiger partial charge in [0.15, 0.2) is 0 Å². The highest BCUT2D eigenvalue weighted by Crippen LogP contribution is 2.16. The van der Waals surface area contributed by atoms with Gasteiger partial charge in [0.2, 0.25) is 5.91 Å². The summed E-state index contributed by atoms with van der Waals surface area (Å²) in [6.45, 7) is 4.16. The van der Waals surface area contributed by atoms with Crippen molar-refractivity contribution in [2.24, 2.45) is 0 Å². The van der Waals surface area contributed by atoms with E-state index in [0.717, 1.165) is 19.4 Å². The lowest BCUT2D eigenvalue weighted by atomic mass is 10.2. The maximum absolute atomic E-state index is 11.5. The fourth-order valence-corrected chi connectivity index (χ4v) is 1.72. The Labute approximate surface area is 79.5 Å². The van der Waals surface area contributed by atoms with Crippen LogP contribution < -0.4 is 5.32 Å². The minimum Gasteiger partial charge on any atom is -0.355 e. The van der Waals surface area contributed by atoms with Gasteiger partial charge in [0.25, 0.3) is 0 Å². The Balaban J connectivity index is 2.48. The molecule has 1 aliphatic rings. The maximum Gasteiger partial charge on any atom is 0.237 e. The highest BCUT2D eigenvalue weighted by molar-refractivity contribution is 5.82. The van der Waals surface area contributed by atoms with Crippen LogP contribution in [0.3, 0.4) is 0 Å². The minimum absolute atomic E-state index is 0.0102. The van der Waals surface area contributed by atoms with Crippen LogP contribution in [0.5, 0.6) is 0 Å². The molecular weight excluding hydrogens is 164 g/mol. The smallest absolute Gasteiger partial charge is 0.237 e. The fraction of sp³-hybridized carbons (Fsp3) is 0.700. The van der Waals surface area contributed by atoms with E-state index in [2.05, 4.69) is 16.1 Å². The Morgan fingerprint density at radius 3 is 3.15 bits per heavy atom. The molecule has 0 bridgehead atoms. The molecule has 1 heterocycles. The third kappa shape index (κ3) is 2.46. The minimum atomic E-state index is 0.0102. The number of likely N-dealkylation sites (N-methyl/N-ethyl adjacent to an activating group) is 1. The van der Waals surface area contributed by atoms with Gasteiger partial charge in [0.1, 0.15) is 0 Å². The molecule has 13 heavy (non-hydrogen) atoms. The fourth-order valence-electron chi connectivity index (χ4n) is 1.72. The van der Waals surface area contributed by atoms with Gasteiger partial charge >= 0.3 is 0 Å². The Morgan fingerprint density at radius 2 is 2.54 bits per heavy atom. The number of likely N-dealkylation sites (tertiary alicyclic amines) is 1. The van der Waals surface area contributed by atoms with Crippen molar-refractivity contribution >= 4 is 5.91 Å². The molecule has 0 radical (unpaired) electrons. The summed E-state index contributed by atoms with van der Waals surface area (Å²) in [7, 11) is 0. The molecule has 1 N–H and O–H groups in total. The van der Waals surface area contributed by atoms with Gasteiger partial charge in [-0.3, -0.25) is 9.69 Å². The molecule has 1 amide bonds. The van der Waals surface area contributed by atoms with Crippen molar-refractivity contribution < 1.29 is 4.79 Å². The second-order valence-electron chi connectivity index (χ2n) is 3.23. The second kappa shape index (κ2) is 4.88. The molecule has 1 saturated heterocycles. The van der Waals surface area contributed by atoms with Crippen molar-refractivity contribution in [3.05, 3.63) is 0 Å². The molecule has 1 atom stereocenters. The summed E-state index contributed by atoms with van der Waals surface area (Å²) in [5.74, 6) is 2.70. The number of carbonyl (C=O) groups is 1. The number of amides is 1. The van der Waals surface area contributed by atoms with Crippen LogP contribution in [0.2, 0.25) is 0 Å². The van der Waals surface area contributed by atoms with Gasteiger partial charge in [-0.15, -0.1) is 6.42 Å². The molecule has 0 aromatic carbocycles. The lowest BCUT2D eigenvalue weighted by molar-refractivity contribution is -0.125. The van der Waals surface area contributed by atoms with Crippen molar-refractivity contribution in [3.63, 3.8) is 0 Å². The Bertz CT molecular complexity index is 219. The zero-order valence-electron chi connectivity index (χ0n) is 8.05. The van der Waals surface area contributed by atoms with E-state index >= 15 is 0 Å². The van der Waals surface area contributed by atoms with Crippen LogP contribution in [0.4, 0.5) is 0 Å². The van der Waals surface area contributed by atoms with Gasteiger partial charge in [-0.05, 0) is 26.3 Å². The van der Waals surface area contributed by atoms with E-state index in [4.69, 9.17) is 6.42 Å². The average molecular weight is 180 g/mol. The predicted molar refractivity (Wildman–Crippen MR) is 52.1 cm³/mol. The molecule has 0 spiro atoms. The van der Waals surface area contributed by atoms with E-state index in [9.17, 15) is 4.79 Å². The number of nitrogens with one attached hydrogen (secondary N) is 1. The summed E-state index contributed by atoms with van der Waals surface area (Å²) in [6, 6.07) is 0.0102. The predicted octanol–water partition coefficient (Wildman–Crippen LogP) is 0.220. The number of hydrogen-bond donors (Lipinski definition) is 1. The van der Waals surface area contributed by atoms with E-state index in [-0.39, 0.29) is 11.9 Å². The topological polar surface area (TPSA) is 32.3 Å². The summed E-state index contributed by atoms with van der Waals surface area (Å²) in [5.41, 5.74) is 0. The van der Waals surface area contributed by atoms with Gasteiger partial charge in [0, 0.05) is 6.54 Å². The van der Waals surface area contributed by atoms with Crippen LogP contribution in [-0.4, -0.2) is 36.5 Å². The van der Waals surface area contributed by atoms with Crippen LogP contribution >= 0.6 is 0 Å². The van der Waals surface area contributed by atoms with Crippen molar-refractivity contribution in [2.75, 3.05) is 19.6 Å². The van der Waals surface area contributed by atoms with Crippen molar-refractivity contribution in [2.45, 2.75) is 25.8 Å². The normalized spacial score (nSPS) is 22.6. The van der Waals surface area contributed by atoms with E-state index in [1.807, 2.05) is 6.92 Å². The molecule has 72 valence electrons. The van der Waals surface area contributed by atoms with Gasteiger partial charge in [0.05, 0.1) is 12.6 Å². The maximum atomic E-state index is 11.5. The number of carbonyl (C=O) groups excluding carboxylic acids is 1. The van der Waals surface area contributed by atoms with Gasteiger partial charge in [-0.1, -0.05) is 5.92 Å². The van der Waals surface area contributed by atoms with E-state index in [0.29, 0.717) is 13.1 Å². The average Bonchev–Trinajstić information content (AvgIpc) is 2.54. The summed E-state index contributed by atoms with van der Waals surface area (Å²) in [4.78, 5) is 13.6. The Kier molecular flexibility index (Phi) is 3.78. The Hall–Kier alpha value is -1.01. The molecule has 3 nitrogen and oxygen atoms in total. The second-order valence-corrected chi connectivity index (χ2v) is 3.23. The first-order valence-electron chi connectivity index (χ1n) is 4.74. The van der Waals surface area contributed by atoms with Crippen LogP contribution in [0.25, 0.3) is 0 Å². The number of nitrogens with zero attached hydrogens (tertiary/aromatic N) is 1. The summed E-state index contributed by atoms with van der Waals surface area (Å²) >= 11 is 0. The third-order valence-corrected chi connectivity index (χ3v) is 2.31. The zero-order chi connectivity index (χ0) is 9.68. The van der Waals surface area contributed by atoms with E-state index in [1.54, 1.807) is 0 Å². The van der Waals surface area contributed by atoms with Gasteiger partial charge < -0.3 is 5.32 Å². The van der Waals surface area contributed by atoms with Gasteiger partial charge in [-0.25, -0.2) is 0 Å². The molecule has 0 aromatic heterocycles. The molecule has 3 heteroatoms.